The predicted octanol–water partition coefficient (Wildman–Crippen LogP) is 6.38. The van der Waals surface area contributed by atoms with E-state index < -0.39 is 21.9 Å². The zero-order chi connectivity index (χ0) is 31.0. The Balaban J connectivity index is 1.59. The lowest BCUT2D eigenvalue weighted by Gasteiger charge is -2.33. The van der Waals surface area contributed by atoms with Gasteiger partial charge in [0.25, 0.3) is 0 Å². The molecule has 4 rings (SSSR count). The minimum Gasteiger partial charge on any atom is -0.352 e. The minimum absolute atomic E-state index is 0.0212. The fraction of sp³-hybridized carbons (Fsp3) is 0.375. The normalized spacial score (nSPS) is 14.3. The van der Waals surface area contributed by atoms with E-state index in [0.29, 0.717) is 17.0 Å². The summed E-state index contributed by atoms with van der Waals surface area (Å²) in [4.78, 5) is 29.2. The molecule has 7 nitrogen and oxygen atoms in total. The molecule has 3 aromatic rings. The second-order valence-electron chi connectivity index (χ2n) is 10.9. The number of sulfonamides is 1. The number of halogens is 3. The summed E-state index contributed by atoms with van der Waals surface area (Å²) in [6.07, 6.45) is 5.35. The van der Waals surface area contributed by atoms with Crippen molar-refractivity contribution < 1.29 is 22.4 Å². The first-order valence-corrected chi connectivity index (χ1v) is 16.9. The van der Waals surface area contributed by atoms with E-state index in [1.165, 1.54) is 29.2 Å². The molecule has 0 unspecified atom stereocenters. The van der Waals surface area contributed by atoms with Crippen LogP contribution in [0.3, 0.4) is 0 Å². The van der Waals surface area contributed by atoms with Crippen LogP contribution in [0.4, 0.5) is 10.1 Å². The third-order valence-corrected chi connectivity index (χ3v) is 9.30. The van der Waals surface area contributed by atoms with Gasteiger partial charge in [0.05, 0.1) is 17.0 Å². The highest BCUT2D eigenvalue weighted by Gasteiger charge is 2.32. The first-order valence-electron chi connectivity index (χ1n) is 14.3. The molecule has 1 aliphatic rings. The maximum absolute atomic E-state index is 13.9. The molecule has 43 heavy (non-hydrogen) atoms. The molecular formula is C32H36Cl2FN3O4S. The first-order chi connectivity index (χ1) is 20.5. The van der Waals surface area contributed by atoms with Gasteiger partial charge in [0.2, 0.25) is 21.8 Å². The second kappa shape index (κ2) is 15.0. The number of carbonyl (C=O) groups is 2. The molecule has 11 heteroatoms. The van der Waals surface area contributed by atoms with Crippen molar-refractivity contribution in [2.45, 2.75) is 63.6 Å². The third kappa shape index (κ3) is 9.42. The Morgan fingerprint density at radius 3 is 2.30 bits per heavy atom. The summed E-state index contributed by atoms with van der Waals surface area (Å²) < 4.78 is 40.2. The molecule has 1 fully saturated rings. The Morgan fingerprint density at radius 1 is 0.977 bits per heavy atom. The van der Waals surface area contributed by atoms with Crippen LogP contribution in [-0.2, 0) is 32.6 Å². The number of hydrogen-bond acceptors (Lipinski definition) is 4. The first kappa shape index (κ1) is 32.8. The molecule has 0 spiro atoms. The van der Waals surface area contributed by atoms with Crippen molar-refractivity contribution in [1.29, 1.82) is 0 Å². The maximum atomic E-state index is 13.9. The summed E-state index contributed by atoms with van der Waals surface area (Å²) in [7, 11) is -3.75. The second-order valence-corrected chi connectivity index (χ2v) is 13.6. The van der Waals surface area contributed by atoms with E-state index in [1.807, 2.05) is 30.3 Å². The number of anilines is 1. The van der Waals surface area contributed by atoms with Gasteiger partial charge in [-0.25, -0.2) is 12.8 Å². The SMILES string of the molecule is CS(=O)(=O)N(CCCC(=O)N(Cc1ccc(F)cc1)[C@@H](Cc1ccccc1)C(=O)NC1CCCC1)c1cc(Cl)ccc1Cl. The average molecular weight is 649 g/mol. The quantitative estimate of drug-likeness (QED) is 0.233. The van der Waals surface area contributed by atoms with Gasteiger partial charge in [-0.3, -0.25) is 13.9 Å². The molecule has 1 atom stereocenters. The molecule has 1 aliphatic carbocycles. The minimum atomic E-state index is -3.75. The van der Waals surface area contributed by atoms with Crippen LogP contribution in [-0.4, -0.2) is 50.0 Å². The topological polar surface area (TPSA) is 86.8 Å². The van der Waals surface area contributed by atoms with E-state index in [2.05, 4.69) is 5.32 Å². The van der Waals surface area contributed by atoms with E-state index in [0.717, 1.165) is 41.8 Å². The van der Waals surface area contributed by atoms with Crippen molar-refractivity contribution in [3.63, 3.8) is 0 Å². The van der Waals surface area contributed by atoms with Gasteiger partial charge in [-0.05, 0) is 60.7 Å². The molecule has 0 aliphatic heterocycles. The van der Waals surface area contributed by atoms with Crippen molar-refractivity contribution in [2.24, 2.45) is 0 Å². The molecule has 0 heterocycles. The van der Waals surface area contributed by atoms with E-state index in [9.17, 15) is 22.4 Å². The highest BCUT2D eigenvalue weighted by atomic mass is 35.5. The van der Waals surface area contributed by atoms with Crippen molar-refractivity contribution in [3.05, 3.63) is 99.8 Å². The van der Waals surface area contributed by atoms with Crippen LogP contribution in [0.5, 0.6) is 0 Å². The molecule has 1 saturated carbocycles. The number of carbonyl (C=O) groups excluding carboxylic acids is 2. The molecule has 0 aromatic heterocycles. The lowest BCUT2D eigenvalue weighted by atomic mass is 10.0. The van der Waals surface area contributed by atoms with Crippen LogP contribution < -0.4 is 9.62 Å². The standard InChI is InChI=1S/C32H36Cl2FN3O4S/c1-43(41,42)38(29-21-25(33)15-18-28(29)34)19-7-12-31(39)37(22-24-13-16-26(35)17-14-24)30(20-23-8-3-2-4-9-23)32(40)36-27-10-5-6-11-27/h2-4,8-9,13-18,21,27,30H,5-7,10-12,19-20,22H2,1H3,(H,36,40)/t30-/m0/s1. The predicted molar refractivity (Wildman–Crippen MR) is 169 cm³/mol. The molecule has 0 radical (unpaired) electrons. The average Bonchev–Trinajstić information content (AvgIpc) is 3.48. The number of hydrogen-bond donors (Lipinski definition) is 1. The van der Waals surface area contributed by atoms with E-state index in [-0.39, 0.29) is 54.5 Å². The Morgan fingerprint density at radius 2 is 1.65 bits per heavy atom. The van der Waals surface area contributed by atoms with Gasteiger partial charge in [-0.1, -0.05) is 78.5 Å². The maximum Gasteiger partial charge on any atom is 0.243 e. The molecule has 2 amide bonds. The van der Waals surface area contributed by atoms with Gasteiger partial charge in [-0.2, -0.15) is 0 Å². The lowest BCUT2D eigenvalue weighted by molar-refractivity contribution is -0.141. The largest absolute Gasteiger partial charge is 0.352 e. The molecule has 1 N–H and O–H groups in total. The van der Waals surface area contributed by atoms with Crippen LogP contribution in [0.25, 0.3) is 0 Å². The van der Waals surface area contributed by atoms with Gasteiger partial charge in [0.1, 0.15) is 11.9 Å². The number of nitrogens with one attached hydrogen (secondary N) is 1. The molecule has 3 aromatic carbocycles. The van der Waals surface area contributed by atoms with Gasteiger partial charge >= 0.3 is 0 Å². The fourth-order valence-electron chi connectivity index (χ4n) is 5.37. The third-order valence-electron chi connectivity index (χ3n) is 7.57. The van der Waals surface area contributed by atoms with Crippen molar-refractivity contribution in [3.8, 4) is 0 Å². The summed E-state index contributed by atoms with van der Waals surface area (Å²) in [6, 6.07) is 19.1. The number of amides is 2. The van der Waals surface area contributed by atoms with Gasteiger partial charge in [0, 0.05) is 37.0 Å². The van der Waals surface area contributed by atoms with Crippen LogP contribution in [0.2, 0.25) is 10.0 Å². The Hall–Kier alpha value is -3.14. The summed E-state index contributed by atoms with van der Waals surface area (Å²) in [5.41, 5.74) is 1.79. The van der Waals surface area contributed by atoms with Gasteiger partial charge < -0.3 is 10.2 Å². The van der Waals surface area contributed by atoms with Gasteiger partial charge in [0.15, 0.2) is 0 Å². The summed E-state index contributed by atoms with van der Waals surface area (Å²) in [5.74, 6) is -0.964. The summed E-state index contributed by atoms with van der Waals surface area (Å²) >= 11 is 12.4. The number of nitrogens with zero attached hydrogens (tertiary/aromatic N) is 2. The van der Waals surface area contributed by atoms with Crippen molar-refractivity contribution in [1.82, 2.24) is 10.2 Å². The Kier molecular flexibility index (Phi) is 11.5. The van der Waals surface area contributed by atoms with Crippen molar-refractivity contribution in [2.75, 3.05) is 17.1 Å². The van der Waals surface area contributed by atoms with Crippen molar-refractivity contribution >= 4 is 50.7 Å². The van der Waals surface area contributed by atoms with Crippen LogP contribution in [0.15, 0.2) is 72.8 Å². The monoisotopic (exact) mass is 647 g/mol. The molecule has 0 bridgehead atoms. The summed E-state index contributed by atoms with van der Waals surface area (Å²) in [5, 5.41) is 3.69. The van der Waals surface area contributed by atoms with Crippen LogP contribution in [0.1, 0.15) is 49.7 Å². The Labute approximate surface area is 263 Å². The van der Waals surface area contributed by atoms with E-state index in [4.69, 9.17) is 23.2 Å². The highest BCUT2D eigenvalue weighted by Crippen LogP contribution is 2.31. The zero-order valence-electron chi connectivity index (χ0n) is 24.0. The van der Waals surface area contributed by atoms with Gasteiger partial charge in [-0.15, -0.1) is 0 Å². The van der Waals surface area contributed by atoms with Crippen LogP contribution in [0, 0.1) is 5.82 Å². The van der Waals surface area contributed by atoms with Crippen LogP contribution >= 0.6 is 23.2 Å². The smallest absolute Gasteiger partial charge is 0.243 e. The molecule has 0 saturated heterocycles. The fourth-order valence-corrected chi connectivity index (χ4v) is 6.77. The number of benzene rings is 3. The lowest BCUT2D eigenvalue weighted by Crippen LogP contribution is -2.52. The highest BCUT2D eigenvalue weighted by molar-refractivity contribution is 7.92. The Bertz CT molecular complexity index is 1500. The summed E-state index contributed by atoms with van der Waals surface area (Å²) in [6.45, 7) is 0.0667. The molecule has 230 valence electrons. The number of rotatable bonds is 13. The molecular weight excluding hydrogens is 612 g/mol. The van der Waals surface area contributed by atoms with E-state index >= 15 is 0 Å². The van der Waals surface area contributed by atoms with E-state index in [1.54, 1.807) is 18.2 Å². The zero-order valence-corrected chi connectivity index (χ0v) is 26.3.